The number of thiazole rings is 2. The van der Waals surface area contributed by atoms with Gasteiger partial charge < -0.3 is 5.32 Å². The van der Waals surface area contributed by atoms with E-state index in [0.717, 1.165) is 15.0 Å². The van der Waals surface area contributed by atoms with Gasteiger partial charge in [0.2, 0.25) is 0 Å². The highest BCUT2D eigenvalue weighted by atomic mass is 32.2. The molecule has 0 aliphatic heterocycles. The van der Waals surface area contributed by atoms with Gasteiger partial charge in [-0.05, 0) is 13.2 Å². The lowest BCUT2D eigenvalue weighted by molar-refractivity contribution is 0.0946. The number of rotatable bonds is 4. The van der Waals surface area contributed by atoms with Gasteiger partial charge in [0.25, 0.3) is 5.91 Å². The number of carbonyl (C=O) groups is 1. The third kappa shape index (κ3) is 3.27. The molecule has 0 aliphatic rings. The molecule has 0 spiro atoms. The van der Waals surface area contributed by atoms with Crippen molar-refractivity contribution in [1.29, 1.82) is 0 Å². The minimum atomic E-state index is -0.144. The average Bonchev–Trinajstić information content (AvgIpc) is 2.94. The minimum Gasteiger partial charge on any atom is -0.344 e. The van der Waals surface area contributed by atoms with Crippen LogP contribution < -0.4 is 5.32 Å². The van der Waals surface area contributed by atoms with Gasteiger partial charge in [0.05, 0.1) is 6.54 Å². The van der Waals surface area contributed by atoms with Crippen molar-refractivity contribution in [2.45, 2.75) is 17.8 Å². The first-order valence-corrected chi connectivity index (χ1v) is 7.86. The second kappa shape index (κ2) is 5.61. The smallest absolute Gasteiger partial charge is 0.271 e. The largest absolute Gasteiger partial charge is 0.344 e. The molecule has 0 atom stereocenters. The van der Waals surface area contributed by atoms with Crippen LogP contribution in [0.1, 0.15) is 21.2 Å². The van der Waals surface area contributed by atoms with Crippen LogP contribution in [0.15, 0.2) is 15.1 Å². The summed E-state index contributed by atoms with van der Waals surface area (Å²) in [6, 6.07) is 0. The number of hydrogen-bond acceptors (Lipinski definition) is 6. The van der Waals surface area contributed by atoms with E-state index < -0.39 is 0 Å². The first-order chi connectivity index (χ1) is 8.19. The third-order valence-corrected chi connectivity index (χ3v) is 4.79. The van der Waals surface area contributed by atoms with Crippen molar-refractivity contribution < 1.29 is 4.79 Å². The van der Waals surface area contributed by atoms with E-state index in [1.54, 1.807) is 28.5 Å². The molecule has 90 valence electrons. The van der Waals surface area contributed by atoms with E-state index in [9.17, 15) is 4.79 Å². The van der Waals surface area contributed by atoms with E-state index in [2.05, 4.69) is 15.3 Å². The molecule has 7 heteroatoms. The van der Waals surface area contributed by atoms with Crippen molar-refractivity contribution in [2.24, 2.45) is 0 Å². The van der Waals surface area contributed by atoms with E-state index in [4.69, 9.17) is 0 Å². The molecular formula is C10H11N3OS3. The van der Waals surface area contributed by atoms with E-state index >= 15 is 0 Å². The second-order valence-electron chi connectivity index (χ2n) is 3.27. The van der Waals surface area contributed by atoms with Crippen molar-refractivity contribution >= 4 is 40.3 Å². The highest BCUT2D eigenvalue weighted by Gasteiger charge is 2.10. The van der Waals surface area contributed by atoms with Crippen LogP contribution in [0, 0.1) is 6.92 Å². The highest BCUT2D eigenvalue weighted by Crippen LogP contribution is 2.19. The Hall–Kier alpha value is -0.920. The summed E-state index contributed by atoms with van der Waals surface area (Å²) in [6.07, 6.45) is 1.94. The van der Waals surface area contributed by atoms with Crippen LogP contribution in [-0.4, -0.2) is 22.1 Å². The van der Waals surface area contributed by atoms with Gasteiger partial charge in [-0.3, -0.25) is 4.79 Å². The minimum absolute atomic E-state index is 0.144. The molecule has 1 N–H and O–H groups in total. The fraction of sp³-hybridized carbons (Fsp3) is 0.300. The van der Waals surface area contributed by atoms with Crippen molar-refractivity contribution in [1.82, 2.24) is 15.3 Å². The van der Waals surface area contributed by atoms with E-state index in [-0.39, 0.29) is 5.91 Å². The van der Waals surface area contributed by atoms with Crippen LogP contribution in [0.4, 0.5) is 0 Å². The van der Waals surface area contributed by atoms with Crippen LogP contribution in [0.3, 0.4) is 0 Å². The molecule has 2 aromatic heterocycles. The van der Waals surface area contributed by atoms with Crippen LogP contribution in [0.25, 0.3) is 0 Å². The zero-order valence-corrected chi connectivity index (χ0v) is 11.8. The fourth-order valence-electron chi connectivity index (χ4n) is 1.19. The molecule has 1 amide bonds. The molecule has 0 radical (unpaired) electrons. The number of nitrogens with zero attached hydrogens (tertiary/aromatic N) is 2. The highest BCUT2D eigenvalue weighted by molar-refractivity contribution is 8.00. The van der Waals surface area contributed by atoms with Gasteiger partial charge in [-0.1, -0.05) is 11.8 Å². The lowest BCUT2D eigenvalue weighted by atomic mass is 10.4. The maximum absolute atomic E-state index is 11.8. The summed E-state index contributed by atoms with van der Waals surface area (Å²) in [6.45, 7) is 2.40. The van der Waals surface area contributed by atoms with Gasteiger partial charge in [-0.15, -0.1) is 22.7 Å². The van der Waals surface area contributed by atoms with Crippen molar-refractivity contribution in [2.75, 3.05) is 6.26 Å². The molecule has 2 aromatic rings. The number of hydrogen-bond donors (Lipinski definition) is 1. The van der Waals surface area contributed by atoms with E-state index in [0.29, 0.717) is 12.2 Å². The monoisotopic (exact) mass is 285 g/mol. The molecule has 0 fully saturated rings. The fourth-order valence-corrected chi connectivity index (χ4v) is 3.14. The van der Waals surface area contributed by atoms with Gasteiger partial charge in [-0.2, -0.15) is 0 Å². The Labute approximate surface area is 112 Å². The van der Waals surface area contributed by atoms with Crippen LogP contribution in [0.2, 0.25) is 0 Å². The maximum atomic E-state index is 11.8. The van der Waals surface area contributed by atoms with Crippen molar-refractivity contribution in [3.63, 3.8) is 0 Å². The molecular weight excluding hydrogens is 274 g/mol. The van der Waals surface area contributed by atoms with Gasteiger partial charge >= 0.3 is 0 Å². The Kier molecular flexibility index (Phi) is 4.14. The summed E-state index contributed by atoms with van der Waals surface area (Å²) in [5.74, 6) is -0.144. The van der Waals surface area contributed by atoms with Gasteiger partial charge in [0, 0.05) is 16.5 Å². The van der Waals surface area contributed by atoms with E-state index in [1.807, 2.05) is 18.6 Å². The Balaban J connectivity index is 1.93. The van der Waals surface area contributed by atoms with Crippen molar-refractivity contribution in [3.05, 3.63) is 27.2 Å². The summed E-state index contributed by atoms with van der Waals surface area (Å²) in [4.78, 5) is 20.2. The average molecular weight is 285 g/mol. The number of amides is 1. The molecule has 0 aromatic carbocycles. The zero-order chi connectivity index (χ0) is 12.3. The van der Waals surface area contributed by atoms with Crippen LogP contribution in [-0.2, 0) is 6.54 Å². The lowest BCUT2D eigenvalue weighted by Gasteiger charge is -1.99. The predicted molar refractivity (Wildman–Crippen MR) is 71.9 cm³/mol. The molecule has 0 aliphatic carbocycles. The second-order valence-corrected chi connectivity index (χ2v) is 6.12. The normalized spacial score (nSPS) is 10.5. The summed E-state index contributed by atoms with van der Waals surface area (Å²) >= 11 is 4.57. The molecule has 0 bridgehead atoms. The first-order valence-electron chi connectivity index (χ1n) is 4.88. The molecule has 17 heavy (non-hydrogen) atoms. The van der Waals surface area contributed by atoms with Crippen molar-refractivity contribution in [3.8, 4) is 0 Å². The predicted octanol–water partition coefficient (Wildman–Crippen LogP) is 2.56. The number of aromatic nitrogens is 2. The topological polar surface area (TPSA) is 54.9 Å². The number of carbonyl (C=O) groups excluding carboxylic acids is 1. The van der Waals surface area contributed by atoms with Gasteiger partial charge in [-0.25, -0.2) is 9.97 Å². The molecule has 0 saturated heterocycles. The maximum Gasteiger partial charge on any atom is 0.271 e. The summed E-state index contributed by atoms with van der Waals surface area (Å²) < 4.78 is 0.903. The molecule has 4 nitrogen and oxygen atoms in total. The quantitative estimate of drug-likeness (QED) is 0.877. The molecule has 0 unspecified atom stereocenters. The van der Waals surface area contributed by atoms with Gasteiger partial charge in [0.15, 0.2) is 0 Å². The molecule has 2 rings (SSSR count). The first kappa shape index (κ1) is 12.5. The standard InChI is InChI=1S/C10H11N3OS3/c1-6-4-16-8(12-6)3-11-9(14)7-5-17-10(13-7)15-2/h4-5H,3H2,1-2H3,(H,11,14). The molecule has 0 saturated carbocycles. The van der Waals surface area contributed by atoms with E-state index in [1.165, 1.54) is 11.3 Å². The number of nitrogens with one attached hydrogen (secondary N) is 1. The Morgan fingerprint density at radius 1 is 1.41 bits per heavy atom. The van der Waals surface area contributed by atoms with Gasteiger partial charge in [0.1, 0.15) is 15.0 Å². The summed E-state index contributed by atoms with van der Waals surface area (Å²) in [5.41, 5.74) is 1.46. The third-order valence-electron chi connectivity index (χ3n) is 1.96. The molecule has 2 heterocycles. The Morgan fingerprint density at radius 2 is 2.24 bits per heavy atom. The number of aryl methyl sites for hydroxylation is 1. The summed E-state index contributed by atoms with van der Waals surface area (Å²) in [7, 11) is 0. The summed E-state index contributed by atoms with van der Waals surface area (Å²) in [5, 5.41) is 7.46. The zero-order valence-electron chi connectivity index (χ0n) is 9.39. The lowest BCUT2D eigenvalue weighted by Crippen LogP contribution is -2.23. The number of thioether (sulfide) groups is 1. The van der Waals surface area contributed by atoms with Crippen LogP contribution in [0.5, 0.6) is 0 Å². The Bertz CT molecular complexity index is 520. The SMILES string of the molecule is CSc1nc(C(=O)NCc2nc(C)cs2)cs1. The Morgan fingerprint density at radius 3 is 2.82 bits per heavy atom. The van der Waals surface area contributed by atoms with Crippen LogP contribution >= 0.6 is 34.4 Å².